The Kier molecular flexibility index (Phi) is 5.13. The summed E-state index contributed by atoms with van der Waals surface area (Å²) in [6.07, 6.45) is 1.17. The van der Waals surface area contributed by atoms with Crippen molar-refractivity contribution in [1.82, 2.24) is 0 Å². The fourth-order valence-corrected chi connectivity index (χ4v) is 2.12. The summed E-state index contributed by atoms with van der Waals surface area (Å²) in [7, 11) is -2.72. The van der Waals surface area contributed by atoms with Gasteiger partial charge in [-0.3, -0.25) is 4.55 Å². The number of hydrogen-bond acceptors (Lipinski definition) is 4. The van der Waals surface area contributed by atoms with E-state index in [9.17, 15) is 8.42 Å². The molecule has 18 heavy (non-hydrogen) atoms. The Labute approximate surface area is 108 Å². The monoisotopic (exact) mass is 274 g/mol. The van der Waals surface area contributed by atoms with E-state index in [2.05, 4.69) is 4.18 Å². The highest BCUT2D eigenvalue weighted by atomic mass is 32.3. The molecule has 0 saturated heterocycles. The minimum absolute atomic E-state index is 0.0333. The van der Waals surface area contributed by atoms with Crippen LogP contribution in [0.25, 0.3) is 0 Å². The molecular weight excluding hydrogens is 256 g/mol. The number of ether oxygens (including phenoxy) is 1. The van der Waals surface area contributed by atoms with Gasteiger partial charge in [0.15, 0.2) is 0 Å². The largest absolute Gasteiger partial charge is 0.496 e. The second kappa shape index (κ2) is 6.17. The molecule has 0 saturated carbocycles. The molecule has 0 spiro atoms. The maximum absolute atomic E-state index is 10.4. The van der Waals surface area contributed by atoms with Crippen LogP contribution < -0.4 is 4.74 Å². The Hall–Kier alpha value is -1.11. The van der Waals surface area contributed by atoms with E-state index >= 15 is 0 Å². The second-order valence-corrected chi connectivity index (χ2v) is 5.19. The Morgan fingerprint density at radius 2 is 1.89 bits per heavy atom. The highest BCUT2D eigenvalue weighted by molar-refractivity contribution is 7.80. The average Bonchev–Trinajstić information content (AvgIpc) is 2.25. The third-order valence-corrected chi connectivity index (χ3v) is 3.14. The van der Waals surface area contributed by atoms with Gasteiger partial charge in [-0.15, -0.1) is 0 Å². The molecule has 0 bridgehead atoms. The van der Waals surface area contributed by atoms with Crippen LogP contribution in [0.15, 0.2) is 12.1 Å². The van der Waals surface area contributed by atoms with Gasteiger partial charge < -0.3 is 4.74 Å². The number of methoxy groups -OCH3 is 1. The lowest BCUT2D eigenvalue weighted by Crippen LogP contribution is -2.06. The molecule has 6 heteroatoms. The van der Waals surface area contributed by atoms with Crippen LogP contribution >= 0.6 is 0 Å². The fourth-order valence-electron chi connectivity index (χ4n) is 1.79. The van der Waals surface area contributed by atoms with Gasteiger partial charge in [0.05, 0.1) is 13.7 Å². The molecule has 0 aliphatic carbocycles. The van der Waals surface area contributed by atoms with E-state index in [1.807, 2.05) is 26.0 Å². The summed E-state index contributed by atoms with van der Waals surface area (Å²) in [5.41, 5.74) is 3.27. The van der Waals surface area contributed by atoms with Crippen molar-refractivity contribution < 1.29 is 21.9 Å². The SMILES string of the molecule is COc1cc(CCCOS(=O)(=O)O)c(C)cc1C. The van der Waals surface area contributed by atoms with Crippen LogP contribution in [-0.2, 0) is 21.0 Å². The Morgan fingerprint density at radius 3 is 2.44 bits per heavy atom. The zero-order chi connectivity index (χ0) is 13.8. The highest BCUT2D eigenvalue weighted by Crippen LogP contribution is 2.23. The van der Waals surface area contributed by atoms with E-state index < -0.39 is 10.4 Å². The summed E-state index contributed by atoms with van der Waals surface area (Å²) in [4.78, 5) is 0. The van der Waals surface area contributed by atoms with Gasteiger partial charge in [0.2, 0.25) is 0 Å². The van der Waals surface area contributed by atoms with Gasteiger partial charge in [-0.05, 0) is 49.4 Å². The van der Waals surface area contributed by atoms with Crippen LogP contribution in [0.5, 0.6) is 5.75 Å². The van der Waals surface area contributed by atoms with Crippen LogP contribution in [0.3, 0.4) is 0 Å². The maximum atomic E-state index is 10.4. The van der Waals surface area contributed by atoms with E-state index in [1.54, 1.807) is 7.11 Å². The first-order valence-electron chi connectivity index (χ1n) is 5.59. The summed E-state index contributed by atoms with van der Waals surface area (Å²) in [5, 5.41) is 0. The zero-order valence-electron chi connectivity index (χ0n) is 10.8. The Balaban J connectivity index is 2.62. The molecule has 0 fully saturated rings. The average molecular weight is 274 g/mol. The third kappa shape index (κ3) is 4.64. The molecule has 5 nitrogen and oxygen atoms in total. The quantitative estimate of drug-likeness (QED) is 0.635. The molecule has 0 amide bonds. The van der Waals surface area contributed by atoms with Crippen molar-refractivity contribution in [2.45, 2.75) is 26.7 Å². The molecule has 0 atom stereocenters. The molecule has 1 aromatic rings. The lowest BCUT2D eigenvalue weighted by atomic mass is 10.0. The normalized spacial score (nSPS) is 11.6. The van der Waals surface area contributed by atoms with Crippen LogP contribution in [-0.4, -0.2) is 26.7 Å². The molecule has 0 aliphatic heterocycles. The van der Waals surface area contributed by atoms with E-state index in [0.717, 1.165) is 22.4 Å². The van der Waals surface area contributed by atoms with Crippen LogP contribution in [0, 0.1) is 13.8 Å². The second-order valence-electron chi connectivity index (χ2n) is 4.10. The van der Waals surface area contributed by atoms with Gasteiger partial charge in [-0.2, -0.15) is 8.42 Å². The van der Waals surface area contributed by atoms with Crippen molar-refractivity contribution in [2.24, 2.45) is 0 Å². The van der Waals surface area contributed by atoms with Gasteiger partial charge in [0.1, 0.15) is 5.75 Å². The molecule has 1 N–H and O–H groups in total. The molecule has 1 rings (SSSR count). The molecular formula is C12H18O5S. The van der Waals surface area contributed by atoms with Gasteiger partial charge in [0, 0.05) is 0 Å². The lowest BCUT2D eigenvalue weighted by Gasteiger charge is -2.11. The summed E-state index contributed by atoms with van der Waals surface area (Å²) >= 11 is 0. The number of aryl methyl sites for hydroxylation is 3. The fraction of sp³-hybridized carbons (Fsp3) is 0.500. The molecule has 0 heterocycles. The lowest BCUT2D eigenvalue weighted by molar-refractivity contribution is 0.265. The third-order valence-electron chi connectivity index (χ3n) is 2.68. The minimum atomic E-state index is -4.33. The first-order chi connectivity index (χ1) is 8.33. The summed E-state index contributed by atoms with van der Waals surface area (Å²) in [5.74, 6) is 0.811. The minimum Gasteiger partial charge on any atom is -0.496 e. The predicted octanol–water partition coefficient (Wildman–Crippen LogP) is 2.06. The first-order valence-corrected chi connectivity index (χ1v) is 6.96. The highest BCUT2D eigenvalue weighted by Gasteiger charge is 2.07. The standard InChI is InChI=1S/C12H18O5S/c1-9-7-10(2)12(16-3)8-11(9)5-4-6-17-18(13,14)15/h7-8H,4-6H2,1-3H3,(H,13,14,15). The molecule has 0 unspecified atom stereocenters. The molecule has 0 radical (unpaired) electrons. The van der Waals surface area contributed by atoms with Gasteiger partial charge >= 0.3 is 10.4 Å². The zero-order valence-corrected chi connectivity index (χ0v) is 11.6. The van der Waals surface area contributed by atoms with Gasteiger partial charge in [0.25, 0.3) is 0 Å². The summed E-state index contributed by atoms with van der Waals surface area (Å²) < 4.78 is 38.7. The number of rotatable bonds is 6. The van der Waals surface area contributed by atoms with Crippen molar-refractivity contribution in [3.8, 4) is 5.75 Å². The van der Waals surface area contributed by atoms with Gasteiger partial charge in [-0.25, -0.2) is 4.18 Å². The summed E-state index contributed by atoms with van der Waals surface area (Å²) in [6.45, 7) is 3.93. The smallest absolute Gasteiger partial charge is 0.397 e. The van der Waals surface area contributed by atoms with E-state index in [0.29, 0.717) is 12.8 Å². The molecule has 102 valence electrons. The summed E-state index contributed by atoms with van der Waals surface area (Å²) in [6, 6.07) is 3.97. The number of hydrogen-bond donors (Lipinski definition) is 1. The van der Waals surface area contributed by atoms with Crippen LogP contribution in [0.2, 0.25) is 0 Å². The van der Waals surface area contributed by atoms with Crippen molar-refractivity contribution in [3.63, 3.8) is 0 Å². The van der Waals surface area contributed by atoms with E-state index in [1.165, 1.54) is 0 Å². The van der Waals surface area contributed by atoms with E-state index in [4.69, 9.17) is 9.29 Å². The van der Waals surface area contributed by atoms with Gasteiger partial charge in [-0.1, -0.05) is 6.07 Å². The van der Waals surface area contributed by atoms with Crippen molar-refractivity contribution in [3.05, 3.63) is 28.8 Å². The maximum Gasteiger partial charge on any atom is 0.397 e. The first kappa shape index (κ1) is 14.9. The number of benzene rings is 1. The molecule has 1 aromatic carbocycles. The topological polar surface area (TPSA) is 72.8 Å². The van der Waals surface area contributed by atoms with Crippen molar-refractivity contribution in [1.29, 1.82) is 0 Å². The van der Waals surface area contributed by atoms with Crippen molar-refractivity contribution in [2.75, 3.05) is 13.7 Å². The molecule has 0 aliphatic rings. The predicted molar refractivity (Wildman–Crippen MR) is 68.3 cm³/mol. The Morgan fingerprint density at radius 1 is 1.22 bits per heavy atom. The van der Waals surface area contributed by atoms with E-state index in [-0.39, 0.29) is 6.61 Å². The molecule has 0 aromatic heterocycles. The van der Waals surface area contributed by atoms with Crippen LogP contribution in [0.4, 0.5) is 0 Å². The van der Waals surface area contributed by atoms with Crippen molar-refractivity contribution >= 4 is 10.4 Å². The van der Waals surface area contributed by atoms with Crippen LogP contribution in [0.1, 0.15) is 23.1 Å². The Bertz CT molecular complexity index is 507.